The van der Waals surface area contributed by atoms with Crippen LogP contribution in [0.25, 0.3) is 0 Å². The summed E-state index contributed by atoms with van der Waals surface area (Å²) < 4.78 is 32.7. The Balaban J connectivity index is 4.23. The van der Waals surface area contributed by atoms with Crippen LogP contribution in [0.1, 0.15) is 174 Å². The van der Waals surface area contributed by atoms with Gasteiger partial charge in [0.2, 0.25) is 0 Å². The van der Waals surface area contributed by atoms with Crippen molar-refractivity contribution in [3.8, 4) is 0 Å². The number of hydrogen-bond acceptors (Lipinski definition) is 8. The lowest BCUT2D eigenvalue weighted by Gasteiger charge is -2.19. The van der Waals surface area contributed by atoms with Crippen molar-refractivity contribution in [2.24, 2.45) is 5.73 Å². The van der Waals surface area contributed by atoms with E-state index >= 15 is 0 Å². The van der Waals surface area contributed by atoms with Gasteiger partial charge in [-0.25, -0.2) is 4.57 Å². The summed E-state index contributed by atoms with van der Waals surface area (Å²) in [4.78, 5) is 34.7. The first-order valence-corrected chi connectivity index (χ1v) is 21.5. The SMILES string of the molecule is CCCC/C=C\C/C=C\CCCCCCCC(=O)O[C@H](COC(=O)CCCCCCC/C=C\CCCCCCCC)COP(=O)(O)OCCN. The van der Waals surface area contributed by atoms with Crippen LogP contribution in [0, 0.1) is 0 Å². The van der Waals surface area contributed by atoms with Gasteiger partial charge >= 0.3 is 19.8 Å². The molecule has 0 aromatic heterocycles. The van der Waals surface area contributed by atoms with Crippen molar-refractivity contribution in [3.05, 3.63) is 36.5 Å². The molecular weight excluding hydrogens is 653 g/mol. The van der Waals surface area contributed by atoms with Gasteiger partial charge in [0.1, 0.15) is 6.61 Å². The molecule has 0 aromatic rings. The van der Waals surface area contributed by atoms with E-state index in [9.17, 15) is 19.0 Å². The Morgan fingerprint density at radius 1 is 0.600 bits per heavy atom. The average molecular weight is 728 g/mol. The molecule has 9 nitrogen and oxygen atoms in total. The highest BCUT2D eigenvalue weighted by atomic mass is 31.2. The Kier molecular flexibility index (Phi) is 35.7. The molecule has 10 heteroatoms. The molecule has 0 aromatic carbocycles. The van der Waals surface area contributed by atoms with Crippen LogP contribution in [-0.2, 0) is 32.7 Å². The second-order valence-corrected chi connectivity index (χ2v) is 14.6. The summed E-state index contributed by atoms with van der Waals surface area (Å²) in [6.07, 6.45) is 38.8. The molecule has 292 valence electrons. The minimum Gasteiger partial charge on any atom is -0.462 e. The van der Waals surface area contributed by atoms with E-state index in [1.165, 1.54) is 57.8 Å². The maximum absolute atomic E-state index is 12.5. The predicted octanol–water partition coefficient (Wildman–Crippen LogP) is 11.0. The molecule has 0 aliphatic heterocycles. The number of esters is 2. The maximum atomic E-state index is 12.5. The lowest BCUT2D eigenvalue weighted by molar-refractivity contribution is -0.161. The van der Waals surface area contributed by atoms with Gasteiger partial charge < -0.3 is 20.1 Å². The topological polar surface area (TPSA) is 134 Å². The lowest BCUT2D eigenvalue weighted by Crippen LogP contribution is -2.29. The molecular formula is C40H74NO8P. The summed E-state index contributed by atoms with van der Waals surface area (Å²) in [6, 6.07) is 0. The highest BCUT2D eigenvalue weighted by Gasteiger charge is 2.25. The lowest BCUT2D eigenvalue weighted by atomic mass is 10.1. The summed E-state index contributed by atoms with van der Waals surface area (Å²) in [5.41, 5.74) is 5.33. The number of nitrogens with two attached hydrogens (primary N) is 1. The van der Waals surface area contributed by atoms with Crippen molar-refractivity contribution in [2.45, 2.75) is 180 Å². The van der Waals surface area contributed by atoms with Crippen LogP contribution in [-0.4, -0.2) is 49.3 Å². The molecule has 3 N–H and O–H groups in total. The number of ether oxygens (including phenoxy) is 2. The molecule has 0 heterocycles. The number of phosphoric acid groups is 1. The standard InChI is InChI=1S/C40H74NO8P/c1-3-5-7-9-11-13-15-17-19-21-22-24-26-28-30-32-39(42)46-36-38(37-48-50(44,45)47-35-34-41)49-40(43)33-31-29-27-25-23-20-18-16-14-12-10-8-6-4-2/h10,12,16-19,38H,3-9,11,13-15,20-37,41H2,1-2H3,(H,44,45)/b12-10-,18-16-,19-17-/t38-/m1/s1. The van der Waals surface area contributed by atoms with Crippen molar-refractivity contribution >= 4 is 19.8 Å². The van der Waals surface area contributed by atoms with Crippen molar-refractivity contribution < 1.29 is 37.6 Å². The van der Waals surface area contributed by atoms with Gasteiger partial charge in [-0.3, -0.25) is 18.6 Å². The summed E-state index contributed by atoms with van der Waals surface area (Å²) in [6.45, 7) is 3.65. The fourth-order valence-electron chi connectivity index (χ4n) is 5.23. The van der Waals surface area contributed by atoms with Crippen molar-refractivity contribution in [2.75, 3.05) is 26.4 Å². The van der Waals surface area contributed by atoms with Crippen molar-refractivity contribution in [1.82, 2.24) is 0 Å². The Labute approximate surface area is 305 Å². The van der Waals surface area contributed by atoms with E-state index in [1.807, 2.05) is 0 Å². The van der Waals surface area contributed by atoms with Gasteiger partial charge in [-0.05, 0) is 64.2 Å². The molecule has 0 spiro atoms. The minimum absolute atomic E-state index is 0.0494. The third-order valence-corrected chi connectivity index (χ3v) is 9.23. The number of rotatable bonds is 37. The summed E-state index contributed by atoms with van der Waals surface area (Å²) >= 11 is 0. The van der Waals surface area contributed by atoms with Crippen LogP contribution in [0.4, 0.5) is 0 Å². The Bertz CT molecular complexity index is 923. The summed E-state index contributed by atoms with van der Waals surface area (Å²) in [7, 11) is -4.38. The number of unbranched alkanes of at least 4 members (excludes halogenated alkanes) is 18. The van der Waals surface area contributed by atoms with Gasteiger partial charge in [0.15, 0.2) is 6.10 Å². The van der Waals surface area contributed by atoms with Crippen LogP contribution in [0.5, 0.6) is 0 Å². The number of carbonyl (C=O) groups excluding carboxylic acids is 2. The fourth-order valence-corrected chi connectivity index (χ4v) is 6.00. The van der Waals surface area contributed by atoms with Gasteiger partial charge in [0.25, 0.3) is 0 Å². The molecule has 0 amide bonds. The van der Waals surface area contributed by atoms with Crippen LogP contribution >= 0.6 is 7.82 Å². The first-order chi connectivity index (χ1) is 24.3. The van der Waals surface area contributed by atoms with Crippen LogP contribution in [0.2, 0.25) is 0 Å². The van der Waals surface area contributed by atoms with Gasteiger partial charge in [0, 0.05) is 19.4 Å². The Hall–Kier alpha value is -1.77. The molecule has 0 rings (SSSR count). The maximum Gasteiger partial charge on any atom is 0.472 e. The molecule has 0 aliphatic rings. The zero-order valence-corrected chi connectivity index (χ0v) is 32.8. The van der Waals surface area contributed by atoms with E-state index < -0.39 is 32.5 Å². The summed E-state index contributed by atoms with van der Waals surface area (Å²) in [5, 5.41) is 0. The van der Waals surface area contributed by atoms with Gasteiger partial charge in [-0.1, -0.05) is 134 Å². The van der Waals surface area contributed by atoms with Gasteiger partial charge in [-0.15, -0.1) is 0 Å². The van der Waals surface area contributed by atoms with E-state index in [0.29, 0.717) is 6.42 Å². The second-order valence-electron chi connectivity index (χ2n) is 13.1. The first-order valence-electron chi connectivity index (χ1n) is 20.0. The number of carbonyl (C=O) groups is 2. The smallest absolute Gasteiger partial charge is 0.462 e. The number of allylic oxidation sites excluding steroid dienone is 6. The fraction of sp³-hybridized carbons (Fsp3) is 0.800. The monoisotopic (exact) mass is 728 g/mol. The van der Waals surface area contributed by atoms with E-state index in [2.05, 4.69) is 50.3 Å². The van der Waals surface area contributed by atoms with Crippen molar-refractivity contribution in [1.29, 1.82) is 0 Å². The largest absolute Gasteiger partial charge is 0.472 e. The van der Waals surface area contributed by atoms with Crippen LogP contribution in [0.3, 0.4) is 0 Å². The predicted molar refractivity (Wildman–Crippen MR) is 206 cm³/mol. The molecule has 50 heavy (non-hydrogen) atoms. The van der Waals surface area contributed by atoms with Crippen LogP contribution in [0.15, 0.2) is 36.5 Å². The zero-order valence-electron chi connectivity index (χ0n) is 31.9. The highest BCUT2D eigenvalue weighted by Crippen LogP contribution is 2.43. The van der Waals surface area contributed by atoms with E-state index in [1.54, 1.807) is 0 Å². The first kappa shape index (κ1) is 48.2. The highest BCUT2D eigenvalue weighted by molar-refractivity contribution is 7.47. The zero-order chi connectivity index (χ0) is 36.8. The molecule has 1 unspecified atom stereocenters. The van der Waals surface area contributed by atoms with E-state index in [-0.39, 0.29) is 32.6 Å². The van der Waals surface area contributed by atoms with E-state index in [0.717, 1.165) is 83.5 Å². The van der Waals surface area contributed by atoms with Gasteiger partial charge in [0.05, 0.1) is 13.2 Å². The third kappa shape index (κ3) is 36.0. The number of phosphoric ester groups is 1. The molecule has 2 atom stereocenters. The van der Waals surface area contributed by atoms with Gasteiger partial charge in [-0.2, -0.15) is 0 Å². The molecule has 0 aliphatic carbocycles. The molecule has 0 saturated heterocycles. The third-order valence-electron chi connectivity index (χ3n) is 8.25. The van der Waals surface area contributed by atoms with Crippen LogP contribution < -0.4 is 5.73 Å². The summed E-state index contributed by atoms with van der Waals surface area (Å²) in [5.74, 6) is -0.856. The Morgan fingerprint density at radius 3 is 1.60 bits per heavy atom. The molecule has 0 bridgehead atoms. The normalized spacial score (nSPS) is 13.8. The second kappa shape index (κ2) is 37.0. The Morgan fingerprint density at radius 2 is 1.06 bits per heavy atom. The molecule has 0 fully saturated rings. The molecule has 0 radical (unpaired) electrons. The quantitative estimate of drug-likeness (QED) is 0.0277. The average Bonchev–Trinajstić information content (AvgIpc) is 3.10. The molecule has 0 saturated carbocycles. The number of hydrogen-bond donors (Lipinski definition) is 2. The minimum atomic E-state index is -4.38. The van der Waals surface area contributed by atoms with Crippen molar-refractivity contribution in [3.63, 3.8) is 0 Å². The van der Waals surface area contributed by atoms with E-state index in [4.69, 9.17) is 24.3 Å².